The fraction of sp³-hybridized carbons (Fsp3) is 0.533. The number of carbonyl (C=O) groups is 1. The smallest absolute Gasteiger partial charge is 0.223 e. The minimum absolute atomic E-state index is 0.0675. The molecule has 0 bridgehead atoms. The molecule has 0 aliphatic rings. The van der Waals surface area contributed by atoms with Crippen LogP contribution in [0.25, 0.3) is 0 Å². The Labute approximate surface area is 115 Å². The maximum atomic E-state index is 11.9. The van der Waals surface area contributed by atoms with E-state index in [0.717, 1.165) is 5.75 Å². The molecule has 19 heavy (non-hydrogen) atoms. The van der Waals surface area contributed by atoms with Crippen LogP contribution in [-0.4, -0.2) is 37.0 Å². The quantitative estimate of drug-likeness (QED) is 0.818. The van der Waals surface area contributed by atoms with E-state index in [1.165, 1.54) is 0 Å². The second-order valence-corrected chi connectivity index (χ2v) is 5.09. The Bertz CT molecular complexity index is 379. The molecule has 1 amide bonds. The zero-order valence-electron chi connectivity index (χ0n) is 12.0. The van der Waals surface area contributed by atoms with Gasteiger partial charge in [-0.1, -0.05) is 32.0 Å². The lowest BCUT2D eigenvalue weighted by Crippen LogP contribution is -2.37. The molecule has 0 radical (unpaired) electrons. The molecule has 0 aliphatic carbocycles. The minimum atomic E-state index is -0.0787. The van der Waals surface area contributed by atoms with Crippen molar-refractivity contribution in [3.8, 4) is 5.75 Å². The summed E-state index contributed by atoms with van der Waals surface area (Å²) in [6.07, 6.45) is 0.388. The standard InChI is InChI=1S/C15H24N2O2/c1-12(2)14(16)11-15(18)17(3)9-10-19-13-7-5-4-6-8-13/h4-8,12,14H,9-11,16H2,1-3H3. The van der Waals surface area contributed by atoms with E-state index in [1.807, 2.05) is 44.2 Å². The van der Waals surface area contributed by atoms with E-state index in [0.29, 0.717) is 25.5 Å². The van der Waals surface area contributed by atoms with Crippen LogP contribution < -0.4 is 10.5 Å². The summed E-state index contributed by atoms with van der Waals surface area (Å²) in [6, 6.07) is 9.51. The summed E-state index contributed by atoms with van der Waals surface area (Å²) in [5, 5.41) is 0. The summed E-state index contributed by atoms with van der Waals surface area (Å²) in [5.74, 6) is 1.21. The van der Waals surface area contributed by atoms with Crippen LogP contribution in [0.5, 0.6) is 5.75 Å². The average molecular weight is 264 g/mol. The summed E-state index contributed by atoms with van der Waals surface area (Å²) in [7, 11) is 1.78. The number of hydrogen-bond acceptors (Lipinski definition) is 3. The van der Waals surface area contributed by atoms with Crippen LogP contribution >= 0.6 is 0 Å². The SMILES string of the molecule is CC(C)C(N)CC(=O)N(C)CCOc1ccccc1. The maximum absolute atomic E-state index is 11.9. The highest BCUT2D eigenvalue weighted by Gasteiger charge is 2.16. The van der Waals surface area contributed by atoms with Crippen LogP contribution in [-0.2, 0) is 4.79 Å². The number of benzene rings is 1. The van der Waals surface area contributed by atoms with Crippen LogP contribution in [0, 0.1) is 5.92 Å². The third-order valence-corrected chi connectivity index (χ3v) is 3.13. The van der Waals surface area contributed by atoms with Gasteiger partial charge in [0.05, 0.1) is 6.54 Å². The van der Waals surface area contributed by atoms with Crippen molar-refractivity contribution >= 4 is 5.91 Å². The lowest BCUT2D eigenvalue weighted by molar-refractivity contribution is -0.130. The summed E-state index contributed by atoms with van der Waals surface area (Å²) in [4.78, 5) is 13.6. The van der Waals surface area contributed by atoms with E-state index < -0.39 is 0 Å². The molecule has 2 N–H and O–H groups in total. The van der Waals surface area contributed by atoms with E-state index in [4.69, 9.17) is 10.5 Å². The molecular formula is C15H24N2O2. The van der Waals surface area contributed by atoms with Crippen molar-refractivity contribution in [2.75, 3.05) is 20.2 Å². The maximum Gasteiger partial charge on any atom is 0.223 e. The van der Waals surface area contributed by atoms with Crippen LogP contribution in [0.15, 0.2) is 30.3 Å². The molecule has 0 saturated carbocycles. The molecular weight excluding hydrogens is 240 g/mol. The van der Waals surface area contributed by atoms with Crippen molar-refractivity contribution in [2.24, 2.45) is 11.7 Å². The van der Waals surface area contributed by atoms with Crippen LogP contribution in [0.1, 0.15) is 20.3 Å². The zero-order chi connectivity index (χ0) is 14.3. The molecule has 4 heteroatoms. The fourth-order valence-corrected chi connectivity index (χ4v) is 1.54. The first-order valence-electron chi connectivity index (χ1n) is 6.68. The van der Waals surface area contributed by atoms with Crippen molar-refractivity contribution in [1.29, 1.82) is 0 Å². The van der Waals surface area contributed by atoms with Crippen LogP contribution in [0.3, 0.4) is 0 Å². The summed E-state index contributed by atoms with van der Waals surface area (Å²) >= 11 is 0. The van der Waals surface area contributed by atoms with E-state index >= 15 is 0 Å². The van der Waals surface area contributed by atoms with Gasteiger partial charge in [0, 0.05) is 19.5 Å². The first-order chi connectivity index (χ1) is 9.00. The molecule has 0 spiro atoms. The first-order valence-corrected chi connectivity index (χ1v) is 6.68. The monoisotopic (exact) mass is 264 g/mol. The molecule has 1 aromatic rings. The topological polar surface area (TPSA) is 55.6 Å². The van der Waals surface area contributed by atoms with Crippen molar-refractivity contribution < 1.29 is 9.53 Å². The lowest BCUT2D eigenvalue weighted by atomic mass is 10.0. The fourth-order valence-electron chi connectivity index (χ4n) is 1.54. The molecule has 0 saturated heterocycles. The van der Waals surface area contributed by atoms with Crippen LogP contribution in [0.4, 0.5) is 0 Å². The molecule has 0 fully saturated rings. The molecule has 1 rings (SSSR count). The van der Waals surface area contributed by atoms with Gasteiger partial charge < -0.3 is 15.4 Å². The lowest BCUT2D eigenvalue weighted by Gasteiger charge is -2.21. The van der Waals surface area contributed by atoms with Gasteiger partial charge in [-0.15, -0.1) is 0 Å². The Kier molecular flexibility index (Phi) is 6.36. The number of rotatable bonds is 7. The van der Waals surface area contributed by atoms with Gasteiger partial charge >= 0.3 is 0 Å². The van der Waals surface area contributed by atoms with Crippen molar-refractivity contribution in [1.82, 2.24) is 4.90 Å². The number of carbonyl (C=O) groups excluding carboxylic acids is 1. The van der Waals surface area contributed by atoms with Crippen molar-refractivity contribution in [3.05, 3.63) is 30.3 Å². The van der Waals surface area contributed by atoms with Gasteiger partial charge in [-0.2, -0.15) is 0 Å². The molecule has 0 aliphatic heterocycles. The number of likely N-dealkylation sites (N-methyl/N-ethyl adjacent to an activating group) is 1. The van der Waals surface area contributed by atoms with Crippen molar-refractivity contribution in [2.45, 2.75) is 26.3 Å². The Hall–Kier alpha value is -1.55. The Morgan fingerprint density at radius 2 is 1.95 bits per heavy atom. The second kappa shape index (κ2) is 7.79. The Balaban J connectivity index is 2.27. The minimum Gasteiger partial charge on any atom is -0.492 e. The normalized spacial score (nSPS) is 12.3. The van der Waals surface area contributed by atoms with Gasteiger partial charge in [-0.3, -0.25) is 4.79 Å². The highest BCUT2D eigenvalue weighted by molar-refractivity contribution is 5.76. The van der Waals surface area contributed by atoms with Gasteiger partial charge in [-0.25, -0.2) is 0 Å². The molecule has 1 unspecified atom stereocenters. The number of nitrogens with two attached hydrogens (primary N) is 1. The second-order valence-electron chi connectivity index (χ2n) is 5.09. The predicted molar refractivity (Wildman–Crippen MR) is 77.0 cm³/mol. The van der Waals surface area contributed by atoms with Gasteiger partial charge in [0.15, 0.2) is 0 Å². The van der Waals surface area contributed by atoms with Gasteiger partial charge in [0.25, 0.3) is 0 Å². The third kappa shape index (κ3) is 5.75. The summed E-state index contributed by atoms with van der Waals surface area (Å²) in [5.41, 5.74) is 5.90. The molecule has 1 aromatic carbocycles. The van der Waals surface area contributed by atoms with Crippen LogP contribution in [0.2, 0.25) is 0 Å². The first kappa shape index (κ1) is 15.5. The molecule has 0 heterocycles. The Morgan fingerprint density at radius 3 is 2.53 bits per heavy atom. The number of amides is 1. The number of ether oxygens (including phenoxy) is 1. The van der Waals surface area contributed by atoms with Gasteiger partial charge in [-0.05, 0) is 18.1 Å². The number of hydrogen-bond donors (Lipinski definition) is 1. The van der Waals surface area contributed by atoms with E-state index in [1.54, 1.807) is 11.9 Å². The molecule has 106 valence electrons. The third-order valence-electron chi connectivity index (χ3n) is 3.13. The van der Waals surface area contributed by atoms with Gasteiger partial charge in [0.1, 0.15) is 12.4 Å². The summed E-state index contributed by atoms with van der Waals surface area (Å²) < 4.78 is 5.55. The summed E-state index contributed by atoms with van der Waals surface area (Å²) in [6.45, 7) is 5.11. The highest BCUT2D eigenvalue weighted by Crippen LogP contribution is 2.08. The van der Waals surface area contributed by atoms with Crippen molar-refractivity contribution in [3.63, 3.8) is 0 Å². The predicted octanol–water partition coefficient (Wildman–Crippen LogP) is 1.90. The zero-order valence-corrected chi connectivity index (χ0v) is 12.0. The average Bonchev–Trinajstić information content (AvgIpc) is 2.39. The highest BCUT2D eigenvalue weighted by atomic mass is 16.5. The molecule has 0 aromatic heterocycles. The Morgan fingerprint density at radius 1 is 1.32 bits per heavy atom. The molecule has 1 atom stereocenters. The largest absolute Gasteiger partial charge is 0.492 e. The van der Waals surface area contributed by atoms with Gasteiger partial charge in [0.2, 0.25) is 5.91 Å². The van der Waals surface area contributed by atoms with E-state index in [2.05, 4.69) is 0 Å². The number of nitrogens with zero attached hydrogens (tertiary/aromatic N) is 1. The molecule has 4 nitrogen and oxygen atoms in total. The number of para-hydroxylation sites is 1. The van der Waals surface area contributed by atoms with E-state index in [9.17, 15) is 4.79 Å². The van der Waals surface area contributed by atoms with E-state index in [-0.39, 0.29) is 11.9 Å².